The molecule has 1 saturated heterocycles. The summed E-state index contributed by atoms with van der Waals surface area (Å²) in [6.45, 7) is 5.29. The lowest BCUT2D eigenvalue weighted by molar-refractivity contribution is 0.163. The molecule has 0 saturated carbocycles. The number of hydrogen-bond donors (Lipinski definition) is 3. The Kier molecular flexibility index (Phi) is 4.49. The Morgan fingerprint density at radius 1 is 1.12 bits per heavy atom. The molecule has 1 heterocycles. The molecule has 0 aliphatic carbocycles. The predicted molar refractivity (Wildman–Crippen MR) is 94.5 cm³/mol. The summed E-state index contributed by atoms with van der Waals surface area (Å²) in [5.41, 5.74) is 3.46. The molecule has 1 unspecified atom stereocenters. The van der Waals surface area contributed by atoms with Crippen molar-refractivity contribution in [1.82, 2.24) is 5.32 Å². The van der Waals surface area contributed by atoms with Gasteiger partial charge in [-0.05, 0) is 61.4 Å². The van der Waals surface area contributed by atoms with E-state index < -0.39 is 16.4 Å². The lowest BCUT2D eigenvalue weighted by Gasteiger charge is -2.21. The minimum Gasteiger partial charge on any atom is -0.361 e. The Balaban J connectivity index is 1.80. The van der Waals surface area contributed by atoms with Crippen LogP contribution in [0.2, 0.25) is 0 Å². The van der Waals surface area contributed by atoms with E-state index in [1.807, 2.05) is 26.0 Å². The molecule has 1 aliphatic rings. The van der Waals surface area contributed by atoms with Gasteiger partial charge in [0.1, 0.15) is 0 Å². The number of aliphatic hydroxyl groups excluding tert-OH is 1. The van der Waals surface area contributed by atoms with Crippen molar-refractivity contribution in [2.24, 2.45) is 0 Å². The summed E-state index contributed by atoms with van der Waals surface area (Å²) < 4.78 is 27.6. The topological polar surface area (TPSA) is 81.7 Å². The highest BCUT2D eigenvalue weighted by molar-refractivity contribution is 7.92. The SMILES string of the molecule is Cc1ccc(NS(=O)(=O)c2ccc(N3CCNC3O)cc2)cc1C. The molecule has 1 fully saturated rings. The van der Waals surface area contributed by atoms with Crippen molar-refractivity contribution in [3.8, 4) is 0 Å². The molecular weight excluding hydrogens is 326 g/mol. The largest absolute Gasteiger partial charge is 0.361 e. The van der Waals surface area contributed by atoms with E-state index in [2.05, 4.69) is 10.0 Å². The van der Waals surface area contributed by atoms with Gasteiger partial charge in [0, 0.05) is 24.5 Å². The van der Waals surface area contributed by atoms with Crippen LogP contribution < -0.4 is 14.9 Å². The summed E-state index contributed by atoms with van der Waals surface area (Å²) in [6, 6.07) is 11.9. The second-order valence-electron chi connectivity index (χ2n) is 5.92. The van der Waals surface area contributed by atoms with E-state index in [1.54, 1.807) is 35.2 Å². The first-order valence-electron chi connectivity index (χ1n) is 7.75. The molecule has 7 heteroatoms. The molecule has 2 aromatic carbocycles. The number of aliphatic hydroxyl groups is 1. The molecule has 0 spiro atoms. The highest BCUT2D eigenvalue weighted by Gasteiger charge is 2.22. The van der Waals surface area contributed by atoms with Crippen molar-refractivity contribution in [3.05, 3.63) is 53.6 Å². The maximum absolute atomic E-state index is 12.5. The maximum atomic E-state index is 12.5. The summed E-state index contributed by atoms with van der Waals surface area (Å²) in [7, 11) is -3.64. The van der Waals surface area contributed by atoms with Crippen LogP contribution >= 0.6 is 0 Å². The number of aryl methyl sites for hydroxylation is 2. The van der Waals surface area contributed by atoms with Gasteiger partial charge < -0.3 is 10.0 Å². The highest BCUT2D eigenvalue weighted by atomic mass is 32.2. The Morgan fingerprint density at radius 2 is 1.83 bits per heavy atom. The molecule has 0 amide bonds. The fourth-order valence-electron chi connectivity index (χ4n) is 2.65. The summed E-state index contributed by atoms with van der Waals surface area (Å²) in [4.78, 5) is 1.96. The van der Waals surface area contributed by atoms with Crippen LogP contribution in [0.1, 0.15) is 11.1 Å². The van der Waals surface area contributed by atoms with Crippen LogP contribution in [0.5, 0.6) is 0 Å². The lowest BCUT2D eigenvalue weighted by Crippen LogP contribution is -2.35. The van der Waals surface area contributed by atoms with Crippen LogP contribution in [-0.2, 0) is 10.0 Å². The van der Waals surface area contributed by atoms with E-state index in [0.29, 0.717) is 18.8 Å². The van der Waals surface area contributed by atoms with Gasteiger partial charge in [0.2, 0.25) is 0 Å². The third-order valence-corrected chi connectivity index (χ3v) is 5.61. The van der Waals surface area contributed by atoms with Gasteiger partial charge in [0.05, 0.1) is 4.90 Å². The number of anilines is 2. The van der Waals surface area contributed by atoms with Crippen LogP contribution in [0.25, 0.3) is 0 Å². The van der Waals surface area contributed by atoms with Crippen molar-refractivity contribution in [2.75, 3.05) is 22.7 Å². The number of sulfonamides is 1. The van der Waals surface area contributed by atoms with Gasteiger partial charge in [-0.15, -0.1) is 0 Å². The van der Waals surface area contributed by atoms with Gasteiger partial charge in [0.25, 0.3) is 10.0 Å². The van der Waals surface area contributed by atoms with E-state index >= 15 is 0 Å². The number of nitrogens with zero attached hydrogens (tertiary/aromatic N) is 1. The molecular formula is C17H21N3O3S. The van der Waals surface area contributed by atoms with E-state index in [9.17, 15) is 13.5 Å². The molecule has 1 aliphatic heterocycles. The van der Waals surface area contributed by atoms with E-state index in [0.717, 1.165) is 16.8 Å². The number of hydrogen-bond acceptors (Lipinski definition) is 5. The molecule has 0 bridgehead atoms. The normalized spacial score (nSPS) is 18.0. The van der Waals surface area contributed by atoms with Crippen molar-refractivity contribution in [3.63, 3.8) is 0 Å². The second kappa shape index (κ2) is 6.43. The zero-order chi connectivity index (χ0) is 17.3. The Bertz CT molecular complexity index is 835. The third-order valence-electron chi connectivity index (χ3n) is 4.21. The Labute approximate surface area is 142 Å². The van der Waals surface area contributed by atoms with Gasteiger partial charge in [-0.3, -0.25) is 10.0 Å². The summed E-state index contributed by atoms with van der Waals surface area (Å²) in [5.74, 6) is 0. The summed E-state index contributed by atoms with van der Waals surface area (Å²) >= 11 is 0. The van der Waals surface area contributed by atoms with E-state index in [1.165, 1.54) is 0 Å². The lowest BCUT2D eigenvalue weighted by atomic mass is 10.1. The van der Waals surface area contributed by atoms with Crippen LogP contribution in [0, 0.1) is 13.8 Å². The zero-order valence-electron chi connectivity index (χ0n) is 13.7. The van der Waals surface area contributed by atoms with Crippen LogP contribution in [0.4, 0.5) is 11.4 Å². The standard InChI is InChI=1S/C17H21N3O3S/c1-12-3-4-14(11-13(12)2)19-24(22,23)16-7-5-15(6-8-16)20-10-9-18-17(20)21/h3-8,11,17-19,21H,9-10H2,1-2H3. The number of benzene rings is 2. The average molecular weight is 347 g/mol. The van der Waals surface area contributed by atoms with Crippen molar-refractivity contribution in [1.29, 1.82) is 0 Å². The number of nitrogens with one attached hydrogen (secondary N) is 2. The second-order valence-corrected chi connectivity index (χ2v) is 7.60. The first-order valence-corrected chi connectivity index (χ1v) is 9.23. The summed E-state index contributed by atoms with van der Waals surface area (Å²) in [5, 5.41) is 12.7. The predicted octanol–water partition coefficient (Wildman–Crippen LogP) is 1.79. The molecule has 3 N–H and O–H groups in total. The molecule has 0 aromatic heterocycles. The fourth-order valence-corrected chi connectivity index (χ4v) is 3.70. The van der Waals surface area contributed by atoms with Crippen molar-refractivity contribution >= 4 is 21.4 Å². The summed E-state index contributed by atoms with van der Waals surface area (Å²) in [6.07, 6.45) is -0.735. The molecule has 2 aromatic rings. The van der Waals surface area contributed by atoms with Gasteiger partial charge in [-0.1, -0.05) is 6.07 Å². The molecule has 6 nitrogen and oxygen atoms in total. The van der Waals surface area contributed by atoms with Crippen LogP contribution in [0.3, 0.4) is 0 Å². The van der Waals surface area contributed by atoms with Crippen molar-refractivity contribution < 1.29 is 13.5 Å². The maximum Gasteiger partial charge on any atom is 0.261 e. The van der Waals surface area contributed by atoms with E-state index in [-0.39, 0.29) is 4.90 Å². The zero-order valence-corrected chi connectivity index (χ0v) is 14.5. The highest BCUT2D eigenvalue weighted by Crippen LogP contribution is 2.23. The smallest absolute Gasteiger partial charge is 0.261 e. The van der Waals surface area contributed by atoms with Gasteiger partial charge in [0.15, 0.2) is 6.35 Å². The van der Waals surface area contributed by atoms with Gasteiger partial charge in [-0.25, -0.2) is 8.42 Å². The average Bonchev–Trinajstić information content (AvgIpc) is 2.97. The third kappa shape index (κ3) is 3.38. The Hall–Kier alpha value is -2.09. The first kappa shape index (κ1) is 16.8. The molecule has 128 valence electrons. The molecule has 0 radical (unpaired) electrons. The minimum atomic E-state index is -3.64. The number of rotatable bonds is 4. The first-order chi connectivity index (χ1) is 11.4. The molecule has 1 atom stereocenters. The van der Waals surface area contributed by atoms with Crippen LogP contribution in [0.15, 0.2) is 47.4 Å². The molecule has 3 rings (SSSR count). The fraction of sp³-hybridized carbons (Fsp3) is 0.294. The van der Waals surface area contributed by atoms with Gasteiger partial charge in [-0.2, -0.15) is 0 Å². The monoisotopic (exact) mass is 347 g/mol. The van der Waals surface area contributed by atoms with Crippen molar-refractivity contribution in [2.45, 2.75) is 25.1 Å². The quantitative estimate of drug-likeness (QED) is 0.786. The Morgan fingerprint density at radius 3 is 2.42 bits per heavy atom. The van der Waals surface area contributed by atoms with E-state index in [4.69, 9.17) is 0 Å². The molecule has 24 heavy (non-hydrogen) atoms. The minimum absolute atomic E-state index is 0.186. The van der Waals surface area contributed by atoms with Gasteiger partial charge >= 0.3 is 0 Å². The van der Waals surface area contributed by atoms with Crippen LogP contribution in [-0.4, -0.2) is 33.0 Å².